The molecule has 0 unspecified atom stereocenters. The highest BCUT2D eigenvalue weighted by Crippen LogP contribution is 2.10. The van der Waals surface area contributed by atoms with E-state index >= 15 is 0 Å². The number of hydrogen-bond acceptors (Lipinski definition) is 9. The third kappa shape index (κ3) is 31.6. The maximum absolute atomic E-state index is 12.2. The van der Waals surface area contributed by atoms with Gasteiger partial charge in [-0.2, -0.15) is 0 Å². The summed E-state index contributed by atoms with van der Waals surface area (Å²) < 4.78 is 21.7. The first-order valence-electron chi connectivity index (χ1n) is 17.4. The molecule has 0 radical (unpaired) electrons. The van der Waals surface area contributed by atoms with Gasteiger partial charge in [-0.3, -0.25) is 19.2 Å². The predicted octanol–water partition coefficient (Wildman–Crippen LogP) is 2.47. The van der Waals surface area contributed by atoms with Crippen LogP contribution in [-0.4, -0.2) is 114 Å². The maximum atomic E-state index is 12.2. The molecule has 14 heteroatoms. The molecule has 47 heavy (non-hydrogen) atoms. The van der Waals surface area contributed by atoms with Crippen molar-refractivity contribution in [1.82, 2.24) is 21.3 Å². The number of unbranched alkanes of at least 4 members (excludes halogenated alkanes) is 7. The topological polar surface area (TPSA) is 191 Å². The van der Waals surface area contributed by atoms with Crippen LogP contribution in [0.25, 0.3) is 0 Å². The number of carbonyl (C=O) groups is 5. The lowest BCUT2D eigenvalue weighted by atomic mass is 10.1. The number of nitrogens with one attached hydrogen (secondary N) is 4. The molecular formula is C33H62N4O10. The molecule has 4 amide bonds. The summed E-state index contributed by atoms with van der Waals surface area (Å²) in [7, 11) is 1.53. The fourth-order valence-electron chi connectivity index (χ4n) is 4.37. The number of ether oxygens (including phenoxy) is 4. The van der Waals surface area contributed by atoms with E-state index in [0.717, 1.165) is 45.3 Å². The van der Waals surface area contributed by atoms with E-state index in [1.165, 1.54) is 26.3 Å². The van der Waals surface area contributed by atoms with Gasteiger partial charge >= 0.3 is 5.97 Å². The molecule has 0 aliphatic carbocycles. The van der Waals surface area contributed by atoms with Crippen LogP contribution in [0.5, 0.6) is 0 Å². The molecule has 0 aliphatic rings. The Hall–Kier alpha value is -2.81. The number of aliphatic carboxylic acids is 1. The fraction of sp³-hybridized carbons (Fsp3) is 0.848. The molecule has 0 saturated carbocycles. The van der Waals surface area contributed by atoms with Crippen molar-refractivity contribution in [2.24, 2.45) is 0 Å². The summed E-state index contributed by atoms with van der Waals surface area (Å²) in [5, 5.41) is 19.9. The Labute approximate surface area is 281 Å². The zero-order chi connectivity index (χ0) is 34.8. The number of amides is 4. The van der Waals surface area contributed by atoms with Gasteiger partial charge in [0.25, 0.3) is 0 Å². The molecule has 0 aromatic rings. The van der Waals surface area contributed by atoms with Crippen molar-refractivity contribution < 1.29 is 48.0 Å². The van der Waals surface area contributed by atoms with Crippen molar-refractivity contribution in [3.63, 3.8) is 0 Å². The lowest BCUT2D eigenvalue weighted by Gasteiger charge is -2.14. The number of hydrogen-bond donors (Lipinski definition) is 5. The van der Waals surface area contributed by atoms with Crippen molar-refractivity contribution in [2.75, 3.05) is 73.0 Å². The molecule has 0 heterocycles. The Morgan fingerprint density at radius 3 is 1.53 bits per heavy atom. The Bertz CT molecular complexity index is 831. The van der Waals surface area contributed by atoms with Crippen LogP contribution in [0, 0.1) is 0 Å². The van der Waals surface area contributed by atoms with Crippen molar-refractivity contribution in [1.29, 1.82) is 0 Å². The fourth-order valence-corrected chi connectivity index (χ4v) is 4.37. The van der Waals surface area contributed by atoms with Crippen LogP contribution in [0.15, 0.2) is 0 Å². The van der Waals surface area contributed by atoms with Crippen LogP contribution in [0.1, 0.15) is 103 Å². The second kappa shape index (κ2) is 33.1. The minimum atomic E-state index is -1.14. The smallest absolute Gasteiger partial charge is 0.326 e. The molecule has 0 bridgehead atoms. The molecule has 0 aromatic heterocycles. The zero-order valence-electron chi connectivity index (χ0n) is 28.9. The summed E-state index contributed by atoms with van der Waals surface area (Å²) in [4.78, 5) is 58.6. The van der Waals surface area contributed by atoms with Crippen LogP contribution in [-0.2, 0) is 42.9 Å². The normalized spacial score (nSPS) is 11.5. The SMILES string of the molecule is CCOCCCCCCCCCCC(=O)N[C@@H](CCC(=O)NCCCOCCOCCOCCCNC(=O)CCC(=O)NC)C(=O)O. The summed E-state index contributed by atoms with van der Waals surface area (Å²) in [5.41, 5.74) is 0. The van der Waals surface area contributed by atoms with Crippen LogP contribution in [0.4, 0.5) is 0 Å². The van der Waals surface area contributed by atoms with Crippen molar-refractivity contribution in [3.05, 3.63) is 0 Å². The van der Waals surface area contributed by atoms with E-state index in [1.807, 2.05) is 6.92 Å². The van der Waals surface area contributed by atoms with Gasteiger partial charge in [-0.05, 0) is 39.0 Å². The highest BCUT2D eigenvalue weighted by molar-refractivity contribution is 5.84. The maximum Gasteiger partial charge on any atom is 0.326 e. The van der Waals surface area contributed by atoms with E-state index in [-0.39, 0.29) is 55.7 Å². The quantitative estimate of drug-likeness (QED) is 0.0634. The second-order valence-electron chi connectivity index (χ2n) is 11.2. The molecule has 0 rings (SSSR count). The van der Waals surface area contributed by atoms with Gasteiger partial charge in [0.15, 0.2) is 0 Å². The Kier molecular flexibility index (Phi) is 31.1. The number of rotatable bonds is 34. The van der Waals surface area contributed by atoms with E-state index in [0.29, 0.717) is 65.6 Å². The molecule has 5 N–H and O–H groups in total. The van der Waals surface area contributed by atoms with E-state index in [4.69, 9.17) is 18.9 Å². The van der Waals surface area contributed by atoms with Gasteiger partial charge in [-0.1, -0.05) is 38.5 Å². The summed E-state index contributed by atoms with van der Waals surface area (Å²) in [6.45, 7) is 7.10. The van der Waals surface area contributed by atoms with Crippen molar-refractivity contribution in [3.8, 4) is 0 Å². The number of carboxylic acid groups (broad SMARTS) is 1. The van der Waals surface area contributed by atoms with Crippen LogP contribution in [0.3, 0.4) is 0 Å². The molecule has 1 atom stereocenters. The molecular weight excluding hydrogens is 612 g/mol. The molecule has 0 spiro atoms. The highest BCUT2D eigenvalue weighted by Gasteiger charge is 2.20. The van der Waals surface area contributed by atoms with Gasteiger partial charge in [0.2, 0.25) is 23.6 Å². The minimum absolute atomic E-state index is 0.00630. The van der Waals surface area contributed by atoms with Crippen molar-refractivity contribution >= 4 is 29.6 Å². The van der Waals surface area contributed by atoms with Gasteiger partial charge in [0.05, 0.1) is 26.4 Å². The third-order valence-electron chi connectivity index (χ3n) is 7.12. The summed E-state index contributed by atoms with van der Waals surface area (Å²) in [5.74, 6) is -2.03. The van der Waals surface area contributed by atoms with Crippen LogP contribution < -0.4 is 21.3 Å². The average Bonchev–Trinajstić information content (AvgIpc) is 3.05. The zero-order valence-corrected chi connectivity index (χ0v) is 28.9. The summed E-state index contributed by atoms with van der Waals surface area (Å²) in [6.07, 6.45) is 10.4. The lowest BCUT2D eigenvalue weighted by Crippen LogP contribution is -2.41. The van der Waals surface area contributed by atoms with Gasteiger partial charge in [-0.25, -0.2) is 4.79 Å². The molecule has 0 fully saturated rings. The highest BCUT2D eigenvalue weighted by atomic mass is 16.5. The van der Waals surface area contributed by atoms with Gasteiger partial charge < -0.3 is 45.3 Å². The third-order valence-corrected chi connectivity index (χ3v) is 7.12. The van der Waals surface area contributed by atoms with Gasteiger partial charge in [0.1, 0.15) is 6.04 Å². The summed E-state index contributed by atoms with van der Waals surface area (Å²) in [6, 6.07) is -1.08. The predicted molar refractivity (Wildman–Crippen MR) is 178 cm³/mol. The number of carboxylic acids is 1. The lowest BCUT2D eigenvalue weighted by molar-refractivity contribution is -0.142. The minimum Gasteiger partial charge on any atom is -0.480 e. The van der Waals surface area contributed by atoms with E-state index in [2.05, 4.69) is 21.3 Å². The Balaban J connectivity index is 3.62. The Morgan fingerprint density at radius 1 is 0.532 bits per heavy atom. The second-order valence-corrected chi connectivity index (χ2v) is 11.2. The molecule has 14 nitrogen and oxygen atoms in total. The molecule has 0 saturated heterocycles. The van der Waals surface area contributed by atoms with Crippen LogP contribution in [0.2, 0.25) is 0 Å². The van der Waals surface area contributed by atoms with E-state index in [9.17, 15) is 29.1 Å². The van der Waals surface area contributed by atoms with E-state index < -0.39 is 12.0 Å². The van der Waals surface area contributed by atoms with Crippen molar-refractivity contribution in [2.45, 2.75) is 109 Å². The molecule has 0 aliphatic heterocycles. The van der Waals surface area contributed by atoms with Gasteiger partial charge in [-0.15, -0.1) is 0 Å². The molecule has 0 aromatic carbocycles. The molecule has 274 valence electrons. The first-order chi connectivity index (χ1) is 22.8. The first-order valence-corrected chi connectivity index (χ1v) is 17.4. The monoisotopic (exact) mass is 674 g/mol. The van der Waals surface area contributed by atoms with E-state index in [1.54, 1.807) is 0 Å². The van der Waals surface area contributed by atoms with Crippen LogP contribution >= 0.6 is 0 Å². The summed E-state index contributed by atoms with van der Waals surface area (Å²) >= 11 is 0. The Morgan fingerprint density at radius 2 is 1.00 bits per heavy atom. The first kappa shape index (κ1) is 44.2. The standard InChI is InChI=1S/C33H62N4O10/c1-3-44-21-11-9-7-5-4-6-8-10-14-32(41)37-28(33(42)43)15-16-30(39)35-19-12-22-45-24-26-47-27-25-46-23-13-20-36-31(40)18-17-29(38)34-2/h28H,3-27H2,1-2H3,(H,34,38)(H,35,39)(H,36,40)(H,37,41)(H,42,43)/t28-/m0/s1. The number of carbonyl (C=O) groups excluding carboxylic acids is 4. The average molecular weight is 675 g/mol. The largest absolute Gasteiger partial charge is 0.480 e. The van der Waals surface area contributed by atoms with Gasteiger partial charge in [0, 0.05) is 72.2 Å².